The van der Waals surface area contributed by atoms with Crippen LogP contribution in [0.3, 0.4) is 0 Å². The van der Waals surface area contributed by atoms with Crippen molar-refractivity contribution in [3.63, 3.8) is 0 Å². The van der Waals surface area contributed by atoms with Crippen molar-refractivity contribution in [1.29, 1.82) is 0 Å². The van der Waals surface area contributed by atoms with Gasteiger partial charge >= 0.3 is 0 Å². The summed E-state index contributed by atoms with van der Waals surface area (Å²) in [6.45, 7) is 0. The number of hydrogen-bond donors (Lipinski definition) is 1. The zero-order chi connectivity index (χ0) is 18.1. The number of benzene rings is 2. The van der Waals surface area contributed by atoms with E-state index in [4.69, 9.17) is 34.8 Å². The third-order valence-electron chi connectivity index (χ3n) is 3.01. The number of carbonyl (C=O) groups is 1. The molecule has 128 valence electrons. The Balaban J connectivity index is 2.42. The third kappa shape index (κ3) is 4.33. The third-order valence-corrected chi connectivity index (χ3v) is 5.12. The lowest BCUT2D eigenvalue weighted by Crippen LogP contribution is -2.22. The van der Waals surface area contributed by atoms with Crippen LogP contribution in [0.5, 0.6) is 0 Å². The van der Waals surface area contributed by atoms with Gasteiger partial charge in [-0.2, -0.15) is 0 Å². The Morgan fingerprint density at radius 3 is 2.12 bits per heavy atom. The zero-order valence-electron chi connectivity index (χ0n) is 12.7. The van der Waals surface area contributed by atoms with E-state index in [1.54, 1.807) is 14.1 Å². The van der Waals surface area contributed by atoms with Crippen molar-refractivity contribution in [1.82, 2.24) is 4.90 Å². The maximum absolute atomic E-state index is 12.5. The van der Waals surface area contributed by atoms with E-state index in [1.165, 1.54) is 41.3 Å². The number of sulfonamides is 1. The van der Waals surface area contributed by atoms with Crippen LogP contribution >= 0.6 is 34.8 Å². The summed E-state index contributed by atoms with van der Waals surface area (Å²) in [6.07, 6.45) is 0. The molecule has 9 heteroatoms. The Morgan fingerprint density at radius 1 is 1.00 bits per heavy atom. The molecule has 0 heterocycles. The van der Waals surface area contributed by atoms with E-state index in [1.807, 2.05) is 0 Å². The molecule has 0 aromatic heterocycles. The second kappa shape index (κ2) is 7.19. The topological polar surface area (TPSA) is 66.5 Å². The number of amides is 1. The van der Waals surface area contributed by atoms with Crippen molar-refractivity contribution in [3.05, 3.63) is 57.0 Å². The zero-order valence-corrected chi connectivity index (χ0v) is 15.8. The van der Waals surface area contributed by atoms with Gasteiger partial charge < -0.3 is 4.90 Å². The predicted octanol–water partition coefficient (Wildman–Crippen LogP) is 4.15. The molecular weight excluding hydrogens is 395 g/mol. The largest absolute Gasteiger partial charge is 0.345 e. The van der Waals surface area contributed by atoms with Crippen molar-refractivity contribution >= 4 is 56.4 Å². The normalized spacial score (nSPS) is 11.2. The highest BCUT2D eigenvalue weighted by atomic mass is 35.5. The highest BCUT2D eigenvalue weighted by Crippen LogP contribution is 2.28. The molecule has 0 saturated heterocycles. The molecule has 0 bridgehead atoms. The van der Waals surface area contributed by atoms with Crippen molar-refractivity contribution in [2.24, 2.45) is 0 Å². The smallest absolute Gasteiger partial charge is 0.262 e. The van der Waals surface area contributed by atoms with Crippen LogP contribution < -0.4 is 4.72 Å². The van der Waals surface area contributed by atoms with Gasteiger partial charge in [0.05, 0.1) is 15.6 Å². The Kier molecular flexibility index (Phi) is 5.65. The van der Waals surface area contributed by atoms with Gasteiger partial charge in [-0.05, 0) is 36.4 Å². The van der Waals surface area contributed by atoms with Crippen LogP contribution in [0.15, 0.2) is 41.3 Å². The quantitative estimate of drug-likeness (QED) is 0.828. The summed E-state index contributed by atoms with van der Waals surface area (Å²) >= 11 is 17.7. The van der Waals surface area contributed by atoms with Gasteiger partial charge in [0, 0.05) is 29.7 Å². The van der Waals surface area contributed by atoms with Gasteiger partial charge in [0.2, 0.25) is 0 Å². The molecule has 0 aliphatic carbocycles. The Hall–Kier alpha value is -1.47. The van der Waals surface area contributed by atoms with Crippen LogP contribution in [-0.4, -0.2) is 33.3 Å². The molecule has 0 aliphatic heterocycles. The molecule has 24 heavy (non-hydrogen) atoms. The number of halogens is 3. The summed E-state index contributed by atoms with van der Waals surface area (Å²) in [6, 6.07) is 8.27. The van der Waals surface area contributed by atoms with Crippen molar-refractivity contribution in [2.75, 3.05) is 18.8 Å². The van der Waals surface area contributed by atoms with Gasteiger partial charge in [-0.15, -0.1) is 0 Å². The molecule has 5 nitrogen and oxygen atoms in total. The molecule has 0 aliphatic rings. The summed E-state index contributed by atoms with van der Waals surface area (Å²) in [5.41, 5.74) is 0.381. The minimum Gasteiger partial charge on any atom is -0.345 e. The summed E-state index contributed by atoms with van der Waals surface area (Å²) in [5.74, 6) is -0.280. The molecule has 1 amide bonds. The van der Waals surface area contributed by atoms with Gasteiger partial charge in [-0.25, -0.2) is 8.42 Å². The summed E-state index contributed by atoms with van der Waals surface area (Å²) in [4.78, 5) is 13.3. The second-order valence-electron chi connectivity index (χ2n) is 5.10. The number of anilines is 1. The molecular formula is C15H13Cl3N2O3S. The standard InChI is InChI=1S/C15H13Cl3N2O3S/c1-20(2)15(21)9-3-4-13(18)14(5-9)19-24(22,23)12-7-10(16)6-11(17)8-12/h3-8,19H,1-2H3. The maximum atomic E-state index is 12.5. The number of nitrogens with one attached hydrogen (secondary N) is 1. The average Bonchev–Trinajstić information content (AvgIpc) is 2.47. The second-order valence-corrected chi connectivity index (χ2v) is 8.07. The first kappa shape index (κ1) is 18.9. The summed E-state index contributed by atoms with van der Waals surface area (Å²) < 4.78 is 27.3. The minimum atomic E-state index is -3.97. The number of nitrogens with zero attached hydrogens (tertiary/aromatic N) is 1. The van der Waals surface area contributed by atoms with Crippen LogP contribution in [0.2, 0.25) is 15.1 Å². The van der Waals surface area contributed by atoms with Crippen LogP contribution in [0.25, 0.3) is 0 Å². The van der Waals surface area contributed by atoms with E-state index >= 15 is 0 Å². The minimum absolute atomic E-state index is 0.0838. The first-order chi connectivity index (χ1) is 11.1. The molecule has 2 aromatic rings. The van der Waals surface area contributed by atoms with E-state index in [0.29, 0.717) is 5.56 Å². The van der Waals surface area contributed by atoms with Gasteiger partial charge in [0.15, 0.2) is 0 Å². The highest BCUT2D eigenvalue weighted by molar-refractivity contribution is 7.92. The number of carbonyl (C=O) groups excluding carboxylic acids is 1. The molecule has 0 radical (unpaired) electrons. The monoisotopic (exact) mass is 406 g/mol. The van der Waals surface area contributed by atoms with E-state index < -0.39 is 10.0 Å². The highest BCUT2D eigenvalue weighted by Gasteiger charge is 2.19. The first-order valence-electron chi connectivity index (χ1n) is 6.60. The SMILES string of the molecule is CN(C)C(=O)c1ccc(Cl)c(NS(=O)(=O)c2cc(Cl)cc(Cl)c2)c1. The Labute approximate surface area is 155 Å². The van der Waals surface area contributed by atoms with Crippen LogP contribution in [0.4, 0.5) is 5.69 Å². The lowest BCUT2D eigenvalue weighted by atomic mass is 10.2. The van der Waals surface area contributed by atoms with Gasteiger partial charge in [-0.1, -0.05) is 34.8 Å². The number of rotatable bonds is 4. The van der Waals surface area contributed by atoms with Crippen molar-refractivity contribution in [2.45, 2.75) is 4.90 Å². The predicted molar refractivity (Wildman–Crippen MR) is 96.7 cm³/mol. The average molecular weight is 408 g/mol. The van der Waals surface area contributed by atoms with Gasteiger partial charge in [0.25, 0.3) is 15.9 Å². The molecule has 0 spiro atoms. The first-order valence-corrected chi connectivity index (χ1v) is 9.22. The van der Waals surface area contributed by atoms with E-state index in [9.17, 15) is 13.2 Å². The van der Waals surface area contributed by atoms with Crippen LogP contribution in [0.1, 0.15) is 10.4 Å². The van der Waals surface area contributed by atoms with Crippen molar-refractivity contribution in [3.8, 4) is 0 Å². The molecule has 0 fully saturated rings. The number of hydrogen-bond acceptors (Lipinski definition) is 3. The van der Waals surface area contributed by atoms with E-state index in [2.05, 4.69) is 4.72 Å². The summed E-state index contributed by atoms with van der Waals surface area (Å²) in [7, 11) is -0.788. The fraction of sp³-hybridized carbons (Fsp3) is 0.133. The fourth-order valence-electron chi connectivity index (χ4n) is 1.88. The molecule has 2 rings (SSSR count). The van der Waals surface area contributed by atoms with E-state index in [0.717, 1.165) is 0 Å². The molecule has 0 atom stereocenters. The van der Waals surface area contributed by atoms with Crippen LogP contribution in [0, 0.1) is 0 Å². The Bertz CT molecular complexity index is 879. The van der Waals surface area contributed by atoms with E-state index in [-0.39, 0.29) is 31.6 Å². The Morgan fingerprint density at radius 2 is 1.58 bits per heavy atom. The molecule has 0 unspecified atom stereocenters. The fourth-order valence-corrected chi connectivity index (χ4v) is 3.90. The van der Waals surface area contributed by atoms with Crippen molar-refractivity contribution < 1.29 is 13.2 Å². The molecule has 2 aromatic carbocycles. The van der Waals surface area contributed by atoms with Gasteiger partial charge in [0.1, 0.15) is 0 Å². The van der Waals surface area contributed by atoms with Crippen LogP contribution in [-0.2, 0) is 10.0 Å². The molecule has 1 N–H and O–H groups in total. The van der Waals surface area contributed by atoms with Gasteiger partial charge in [-0.3, -0.25) is 9.52 Å². The maximum Gasteiger partial charge on any atom is 0.262 e. The lowest BCUT2D eigenvalue weighted by molar-refractivity contribution is 0.0827. The molecule has 0 saturated carbocycles. The summed E-state index contributed by atoms with van der Waals surface area (Å²) in [5, 5.41) is 0.526. The lowest BCUT2D eigenvalue weighted by Gasteiger charge is -2.14.